The van der Waals surface area contributed by atoms with Crippen molar-refractivity contribution in [2.45, 2.75) is 37.5 Å². The van der Waals surface area contributed by atoms with Gasteiger partial charge in [0.15, 0.2) is 0 Å². The molecule has 0 aromatic heterocycles. The van der Waals surface area contributed by atoms with Crippen LogP contribution in [0.15, 0.2) is 36.4 Å². The minimum atomic E-state index is -4.88. The Bertz CT molecular complexity index is 882. The van der Waals surface area contributed by atoms with Gasteiger partial charge in [-0.25, -0.2) is 14.4 Å². The molecule has 1 aliphatic heterocycles. The molecule has 0 amide bonds. The number of hydrogen-bond acceptors (Lipinski definition) is 8. The van der Waals surface area contributed by atoms with E-state index in [9.17, 15) is 27.6 Å². The maximum atomic E-state index is 14.2. The van der Waals surface area contributed by atoms with Gasteiger partial charge in [-0.1, -0.05) is 18.2 Å². The van der Waals surface area contributed by atoms with E-state index < -0.39 is 47.5 Å². The van der Waals surface area contributed by atoms with Crippen LogP contribution in [0.5, 0.6) is 5.75 Å². The summed E-state index contributed by atoms with van der Waals surface area (Å²) in [6, 6.07) is 3.45. The van der Waals surface area contributed by atoms with Crippen molar-refractivity contribution in [1.29, 1.82) is 0 Å². The largest absolute Gasteiger partial charge is 0.497 e. The van der Waals surface area contributed by atoms with Crippen molar-refractivity contribution in [3.63, 3.8) is 0 Å². The Labute approximate surface area is 189 Å². The summed E-state index contributed by atoms with van der Waals surface area (Å²) in [5.41, 5.74) is -2.44. The van der Waals surface area contributed by atoms with Gasteiger partial charge in [-0.3, -0.25) is 5.32 Å². The Kier molecular flexibility index (Phi) is 8.48. The average Bonchev–Trinajstić information content (AvgIpc) is 3.14. The number of hydrogen-bond donors (Lipinski definition) is 1. The highest BCUT2D eigenvalue weighted by molar-refractivity contribution is 6.06. The lowest BCUT2D eigenvalue weighted by molar-refractivity contribution is -0.171. The molecule has 1 fully saturated rings. The van der Waals surface area contributed by atoms with E-state index in [1.165, 1.54) is 45.2 Å². The molecule has 2 rings (SSSR count). The molecule has 33 heavy (non-hydrogen) atoms. The minimum absolute atomic E-state index is 0.124. The second-order valence-electron chi connectivity index (χ2n) is 7.12. The molecule has 1 N–H and O–H groups in total. The summed E-state index contributed by atoms with van der Waals surface area (Å²) >= 11 is 0. The summed E-state index contributed by atoms with van der Waals surface area (Å²) in [6.45, 7) is 2.50. The zero-order valence-corrected chi connectivity index (χ0v) is 18.6. The smallest absolute Gasteiger partial charge is 0.404 e. The van der Waals surface area contributed by atoms with E-state index in [1.54, 1.807) is 0 Å². The van der Waals surface area contributed by atoms with E-state index in [1.807, 2.05) is 0 Å². The first-order chi connectivity index (χ1) is 15.6. The number of nitrogens with one attached hydrogen (secondary N) is 1. The first-order valence-electron chi connectivity index (χ1n) is 10.2. The zero-order chi connectivity index (χ0) is 24.8. The lowest BCUT2D eigenvalue weighted by Crippen LogP contribution is -2.62. The van der Waals surface area contributed by atoms with Crippen molar-refractivity contribution >= 4 is 17.9 Å². The Morgan fingerprint density at radius 1 is 1.09 bits per heavy atom. The third-order valence-electron chi connectivity index (χ3n) is 5.30. The minimum Gasteiger partial charge on any atom is -0.497 e. The SMILES string of the molecule is CCOC(=O)C1(C(=O)OCC)N[C@@H](C(F)(F)F)[C@H](c2cccc(OC)c2)[C@H]1/C=C/C(=O)OC. The fraction of sp³-hybridized carbons (Fsp3) is 0.500. The van der Waals surface area contributed by atoms with Crippen LogP contribution in [0.2, 0.25) is 0 Å². The molecule has 1 heterocycles. The average molecular weight is 473 g/mol. The van der Waals surface area contributed by atoms with Gasteiger partial charge in [-0.2, -0.15) is 13.2 Å². The molecule has 1 aliphatic rings. The molecule has 11 heteroatoms. The van der Waals surface area contributed by atoms with Gasteiger partial charge in [0, 0.05) is 17.9 Å². The highest BCUT2D eigenvalue weighted by Crippen LogP contribution is 2.49. The van der Waals surface area contributed by atoms with Gasteiger partial charge < -0.3 is 18.9 Å². The lowest BCUT2D eigenvalue weighted by atomic mass is 9.75. The third kappa shape index (κ3) is 5.29. The lowest BCUT2D eigenvalue weighted by Gasteiger charge is -2.30. The predicted molar refractivity (Wildman–Crippen MR) is 109 cm³/mol. The number of ether oxygens (including phenoxy) is 4. The van der Waals surface area contributed by atoms with Crippen molar-refractivity contribution in [3.05, 3.63) is 42.0 Å². The Balaban J connectivity index is 2.83. The molecule has 1 saturated heterocycles. The number of carbonyl (C=O) groups excluding carboxylic acids is 3. The second kappa shape index (κ2) is 10.7. The van der Waals surface area contributed by atoms with E-state index in [-0.39, 0.29) is 24.5 Å². The Morgan fingerprint density at radius 2 is 1.70 bits per heavy atom. The van der Waals surface area contributed by atoms with Crippen LogP contribution in [0.1, 0.15) is 25.3 Å². The quantitative estimate of drug-likeness (QED) is 0.266. The summed E-state index contributed by atoms with van der Waals surface area (Å²) in [6.07, 6.45) is -2.97. The molecule has 0 bridgehead atoms. The third-order valence-corrected chi connectivity index (χ3v) is 5.30. The van der Waals surface area contributed by atoms with Crippen LogP contribution in [0.3, 0.4) is 0 Å². The molecule has 3 atom stereocenters. The van der Waals surface area contributed by atoms with E-state index in [0.717, 1.165) is 19.3 Å². The number of rotatable bonds is 8. The van der Waals surface area contributed by atoms with Gasteiger partial charge >= 0.3 is 24.1 Å². The van der Waals surface area contributed by atoms with E-state index in [2.05, 4.69) is 10.1 Å². The summed E-state index contributed by atoms with van der Waals surface area (Å²) in [4.78, 5) is 37.9. The van der Waals surface area contributed by atoms with Crippen molar-refractivity contribution in [1.82, 2.24) is 5.32 Å². The van der Waals surface area contributed by atoms with E-state index in [4.69, 9.17) is 14.2 Å². The topological polar surface area (TPSA) is 100 Å². The molecule has 182 valence electrons. The van der Waals surface area contributed by atoms with Crippen molar-refractivity contribution < 1.29 is 46.5 Å². The molecular weight excluding hydrogens is 447 g/mol. The summed E-state index contributed by atoms with van der Waals surface area (Å²) in [5, 5.41) is 2.17. The van der Waals surface area contributed by atoms with Crippen molar-refractivity contribution in [2.75, 3.05) is 27.4 Å². The molecule has 1 aromatic rings. The zero-order valence-electron chi connectivity index (χ0n) is 18.6. The molecule has 0 saturated carbocycles. The van der Waals surface area contributed by atoms with Crippen molar-refractivity contribution in [3.8, 4) is 5.75 Å². The number of alkyl halides is 3. The van der Waals surface area contributed by atoms with Gasteiger partial charge in [0.05, 0.1) is 27.4 Å². The van der Waals surface area contributed by atoms with Gasteiger partial charge in [0.25, 0.3) is 0 Å². The fourth-order valence-electron chi connectivity index (χ4n) is 3.92. The molecular formula is C22H26F3NO7. The number of halogens is 3. The van der Waals surface area contributed by atoms with Crippen LogP contribution >= 0.6 is 0 Å². The molecule has 0 spiro atoms. The Hall–Kier alpha value is -3.08. The van der Waals surface area contributed by atoms with Gasteiger partial charge in [-0.15, -0.1) is 0 Å². The standard InChI is InChI=1S/C22H26F3NO7/c1-5-32-19(28)21(20(29)33-6-2)15(10-11-16(27)31-4)17(18(26-21)22(23,24)25)13-8-7-9-14(12-13)30-3/h7-12,15,17-18,26H,5-6H2,1-4H3/b11-10+/t15-,17-,18-/m1/s1. The van der Waals surface area contributed by atoms with E-state index >= 15 is 0 Å². The maximum absolute atomic E-state index is 14.2. The summed E-state index contributed by atoms with van der Waals surface area (Å²) < 4.78 is 62.4. The van der Waals surface area contributed by atoms with Crippen LogP contribution in [0.25, 0.3) is 0 Å². The predicted octanol–water partition coefficient (Wildman–Crippen LogP) is 2.52. The monoisotopic (exact) mass is 473 g/mol. The first-order valence-corrected chi connectivity index (χ1v) is 10.2. The van der Waals surface area contributed by atoms with Gasteiger partial charge in [0.1, 0.15) is 11.8 Å². The molecule has 1 aromatic carbocycles. The second-order valence-corrected chi connectivity index (χ2v) is 7.12. The Morgan fingerprint density at radius 3 is 2.18 bits per heavy atom. The molecule has 0 aliphatic carbocycles. The number of methoxy groups -OCH3 is 2. The summed E-state index contributed by atoms with van der Waals surface area (Å²) in [7, 11) is 2.44. The summed E-state index contributed by atoms with van der Waals surface area (Å²) in [5.74, 6) is -6.14. The van der Waals surface area contributed by atoms with Crippen LogP contribution in [-0.4, -0.2) is 63.1 Å². The van der Waals surface area contributed by atoms with Gasteiger partial charge in [-0.05, 0) is 31.5 Å². The number of carbonyl (C=O) groups is 3. The molecule has 8 nitrogen and oxygen atoms in total. The first kappa shape index (κ1) is 26.2. The van der Waals surface area contributed by atoms with Crippen LogP contribution < -0.4 is 10.1 Å². The molecule has 0 radical (unpaired) electrons. The maximum Gasteiger partial charge on any atom is 0.404 e. The highest BCUT2D eigenvalue weighted by atomic mass is 19.4. The normalized spacial score (nSPS) is 22.1. The number of esters is 3. The van der Waals surface area contributed by atoms with E-state index in [0.29, 0.717) is 0 Å². The number of benzene rings is 1. The van der Waals surface area contributed by atoms with Crippen LogP contribution in [0.4, 0.5) is 13.2 Å². The van der Waals surface area contributed by atoms with Crippen molar-refractivity contribution in [2.24, 2.45) is 5.92 Å². The van der Waals surface area contributed by atoms with Crippen LogP contribution in [0, 0.1) is 5.92 Å². The fourth-order valence-corrected chi connectivity index (χ4v) is 3.92. The van der Waals surface area contributed by atoms with Gasteiger partial charge in [0.2, 0.25) is 5.54 Å². The molecule has 0 unspecified atom stereocenters. The highest BCUT2D eigenvalue weighted by Gasteiger charge is 2.68. The van der Waals surface area contributed by atoms with Crippen LogP contribution in [-0.2, 0) is 28.6 Å².